The molecule has 1 N–H and O–H groups in total. The van der Waals surface area contributed by atoms with Crippen molar-refractivity contribution in [1.29, 1.82) is 0 Å². The Kier molecular flexibility index (Phi) is 21.8. The molecule has 4 heteroatoms. The summed E-state index contributed by atoms with van der Waals surface area (Å²) < 4.78 is 5.39. The maximum Gasteiger partial charge on any atom is 0.305 e. The molecule has 30 heavy (non-hydrogen) atoms. The number of carbonyl (C=O) groups is 2. The highest BCUT2D eigenvalue weighted by atomic mass is 16.5. The molecule has 1 atom stereocenters. The Morgan fingerprint density at radius 3 is 1.73 bits per heavy atom. The Morgan fingerprint density at radius 2 is 1.13 bits per heavy atom. The number of unbranched alkanes of at least 4 members (excludes halogenated alkanes) is 11. The quantitative estimate of drug-likeness (QED) is 0.132. The van der Waals surface area contributed by atoms with E-state index in [1.807, 2.05) is 0 Å². The summed E-state index contributed by atoms with van der Waals surface area (Å²) in [5, 5.41) is 8.82. The van der Waals surface area contributed by atoms with Gasteiger partial charge in [-0.1, -0.05) is 104 Å². The molecular weight excluding hydrogens is 376 g/mol. The van der Waals surface area contributed by atoms with Gasteiger partial charge in [0.15, 0.2) is 0 Å². The zero-order valence-corrected chi connectivity index (χ0v) is 20.1. The summed E-state index contributed by atoms with van der Waals surface area (Å²) in [4.78, 5) is 22.7. The van der Waals surface area contributed by atoms with E-state index in [1.54, 1.807) is 0 Å². The van der Waals surface area contributed by atoms with Crippen molar-refractivity contribution >= 4 is 11.9 Å². The molecule has 0 rings (SSSR count). The molecule has 0 aliphatic carbocycles. The monoisotopic (exact) mass is 426 g/mol. The average Bonchev–Trinajstić information content (AvgIpc) is 2.72. The van der Waals surface area contributed by atoms with Crippen LogP contribution in [-0.2, 0) is 14.3 Å². The summed E-state index contributed by atoms with van der Waals surface area (Å²) >= 11 is 0. The lowest BCUT2D eigenvalue weighted by Gasteiger charge is -2.16. The van der Waals surface area contributed by atoms with Gasteiger partial charge in [0.1, 0.15) is 0 Å². The highest BCUT2D eigenvalue weighted by molar-refractivity contribution is 5.69. The first kappa shape index (κ1) is 28.9. The van der Waals surface area contributed by atoms with Crippen LogP contribution in [0.25, 0.3) is 0 Å². The van der Waals surface area contributed by atoms with Crippen LogP contribution >= 0.6 is 0 Å². The van der Waals surface area contributed by atoms with Crippen LogP contribution in [0.4, 0.5) is 0 Å². The topological polar surface area (TPSA) is 63.6 Å². The van der Waals surface area contributed by atoms with Gasteiger partial charge >= 0.3 is 11.9 Å². The molecule has 0 bridgehead atoms. The van der Waals surface area contributed by atoms with Gasteiger partial charge in [0.05, 0.1) is 6.61 Å². The van der Waals surface area contributed by atoms with Crippen molar-refractivity contribution in [3.05, 3.63) is 0 Å². The van der Waals surface area contributed by atoms with Crippen molar-refractivity contribution in [2.45, 2.75) is 142 Å². The fraction of sp³-hybridized carbons (Fsp3) is 0.923. The fourth-order valence-electron chi connectivity index (χ4n) is 4.03. The smallest absolute Gasteiger partial charge is 0.305 e. The van der Waals surface area contributed by atoms with Gasteiger partial charge < -0.3 is 9.84 Å². The van der Waals surface area contributed by atoms with Crippen LogP contribution in [0, 0.1) is 5.92 Å². The number of rotatable bonds is 23. The molecule has 0 fully saturated rings. The van der Waals surface area contributed by atoms with Crippen LogP contribution in [0.5, 0.6) is 0 Å². The SMILES string of the molecule is CCCCCCCCOC(=O)CCCC(CCCCCCCC)CCCCC(=O)O. The number of esters is 1. The zero-order chi connectivity index (χ0) is 22.3. The van der Waals surface area contributed by atoms with Crippen molar-refractivity contribution in [3.63, 3.8) is 0 Å². The Balaban J connectivity index is 3.92. The van der Waals surface area contributed by atoms with Crippen molar-refractivity contribution in [2.24, 2.45) is 5.92 Å². The first-order valence-electron chi connectivity index (χ1n) is 13.0. The first-order valence-corrected chi connectivity index (χ1v) is 13.0. The Hall–Kier alpha value is -1.06. The van der Waals surface area contributed by atoms with Gasteiger partial charge in [0.25, 0.3) is 0 Å². The predicted octanol–water partition coefficient (Wildman–Crippen LogP) is 8.07. The maximum absolute atomic E-state index is 12.0. The Morgan fingerprint density at radius 1 is 0.633 bits per heavy atom. The molecule has 0 saturated carbocycles. The molecule has 1 unspecified atom stereocenters. The van der Waals surface area contributed by atoms with Gasteiger partial charge in [-0.05, 0) is 31.6 Å². The molecule has 0 aliphatic heterocycles. The van der Waals surface area contributed by atoms with Crippen molar-refractivity contribution in [3.8, 4) is 0 Å². The lowest BCUT2D eigenvalue weighted by Crippen LogP contribution is -2.08. The second kappa shape index (κ2) is 22.6. The van der Waals surface area contributed by atoms with E-state index in [-0.39, 0.29) is 12.4 Å². The summed E-state index contributed by atoms with van der Waals surface area (Å²) in [6.45, 7) is 5.03. The molecule has 0 aromatic carbocycles. The molecule has 4 nitrogen and oxygen atoms in total. The summed E-state index contributed by atoms with van der Waals surface area (Å²) in [7, 11) is 0. The van der Waals surface area contributed by atoms with E-state index in [1.165, 1.54) is 70.6 Å². The Labute approximate surface area is 186 Å². The largest absolute Gasteiger partial charge is 0.481 e. The van der Waals surface area contributed by atoms with Gasteiger partial charge in [0.2, 0.25) is 0 Å². The van der Waals surface area contributed by atoms with Crippen LogP contribution in [0.1, 0.15) is 142 Å². The molecule has 0 heterocycles. The molecule has 0 aromatic heterocycles. The van der Waals surface area contributed by atoms with Crippen LogP contribution in [-0.4, -0.2) is 23.7 Å². The van der Waals surface area contributed by atoms with E-state index in [4.69, 9.17) is 9.84 Å². The summed E-state index contributed by atoms with van der Waals surface area (Å²) in [5.74, 6) is -0.125. The Bertz CT molecular complexity index is 394. The fourth-order valence-corrected chi connectivity index (χ4v) is 4.03. The second-order valence-electron chi connectivity index (χ2n) is 8.94. The first-order chi connectivity index (χ1) is 14.6. The van der Waals surface area contributed by atoms with E-state index < -0.39 is 5.97 Å². The minimum Gasteiger partial charge on any atom is -0.481 e. The van der Waals surface area contributed by atoms with Crippen molar-refractivity contribution in [1.82, 2.24) is 0 Å². The second-order valence-corrected chi connectivity index (χ2v) is 8.94. The zero-order valence-electron chi connectivity index (χ0n) is 20.1. The number of hydrogen-bond donors (Lipinski definition) is 1. The number of carbonyl (C=O) groups excluding carboxylic acids is 1. The normalized spacial score (nSPS) is 12.1. The lowest BCUT2D eigenvalue weighted by molar-refractivity contribution is -0.144. The van der Waals surface area contributed by atoms with Crippen molar-refractivity contribution in [2.75, 3.05) is 6.61 Å². The molecule has 0 spiro atoms. The van der Waals surface area contributed by atoms with Crippen LogP contribution in [0.15, 0.2) is 0 Å². The minimum absolute atomic E-state index is 0.0484. The molecule has 0 amide bonds. The molecule has 178 valence electrons. The van der Waals surface area contributed by atoms with Gasteiger partial charge in [-0.25, -0.2) is 0 Å². The van der Waals surface area contributed by atoms with E-state index in [9.17, 15) is 9.59 Å². The highest BCUT2D eigenvalue weighted by Gasteiger charge is 2.11. The van der Waals surface area contributed by atoms with Crippen LogP contribution < -0.4 is 0 Å². The number of hydrogen-bond acceptors (Lipinski definition) is 3. The van der Waals surface area contributed by atoms with E-state index in [0.29, 0.717) is 18.9 Å². The van der Waals surface area contributed by atoms with Gasteiger partial charge in [0, 0.05) is 12.8 Å². The molecule has 0 aromatic rings. The maximum atomic E-state index is 12.0. The summed E-state index contributed by atoms with van der Waals surface area (Å²) in [6, 6.07) is 0. The molecule has 0 saturated heterocycles. The third-order valence-corrected chi connectivity index (χ3v) is 5.97. The molecule has 0 aliphatic rings. The summed E-state index contributed by atoms with van der Waals surface area (Å²) in [5.41, 5.74) is 0. The summed E-state index contributed by atoms with van der Waals surface area (Å²) in [6.07, 6.45) is 21.9. The van der Waals surface area contributed by atoms with E-state index >= 15 is 0 Å². The predicted molar refractivity (Wildman–Crippen MR) is 126 cm³/mol. The van der Waals surface area contributed by atoms with E-state index in [2.05, 4.69) is 13.8 Å². The number of carboxylic acids is 1. The van der Waals surface area contributed by atoms with Crippen LogP contribution in [0.3, 0.4) is 0 Å². The number of ether oxygens (including phenoxy) is 1. The molecule has 0 radical (unpaired) electrons. The number of aliphatic carboxylic acids is 1. The van der Waals surface area contributed by atoms with Crippen LogP contribution in [0.2, 0.25) is 0 Å². The lowest BCUT2D eigenvalue weighted by atomic mass is 9.90. The molecular formula is C26H50O4. The van der Waals surface area contributed by atoms with Crippen molar-refractivity contribution < 1.29 is 19.4 Å². The van der Waals surface area contributed by atoms with Gasteiger partial charge in [-0.15, -0.1) is 0 Å². The third-order valence-electron chi connectivity index (χ3n) is 5.97. The minimum atomic E-state index is -0.699. The van der Waals surface area contributed by atoms with Gasteiger partial charge in [-0.2, -0.15) is 0 Å². The van der Waals surface area contributed by atoms with Gasteiger partial charge in [-0.3, -0.25) is 9.59 Å². The standard InChI is InChI=1S/C26H50O4/c1-3-5-7-9-11-13-18-24(19-14-15-21-25(27)28)20-17-22-26(29)30-23-16-12-10-8-6-4-2/h24H,3-23H2,1-2H3,(H,27,28). The highest BCUT2D eigenvalue weighted by Crippen LogP contribution is 2.23. The average molecular weight is 427 g/mol. The third kappa shape index (κ3) is 21.6. The number of carboxylic acid groups (broad SMARTS) is 1. The van der Waals surface area contributed by atoms with E-state index in [0.717, 1.165) is 44.9 Å².